The molecular formula is C13H25N5. The third-order valence-electron chi connectivity index (χ3n) is 3.16. The molecule has 0 aliphatic rings. The number of hydrogen-bond donors (Lipinski definition) is 1. The molecule has 0 radical (unpaired) electrons. The number of aromatic nitrogens is 2. The molecule has 0 unspecified atom stereocenters. The quantitative estimate of drug-likeness (QED) is 0.761. The minimum atomic E-state index is 0.470. The van der Waals surface area contributed by atoms with E-state index in [-0.39, 0.29) is 0 Å². The SMILES string of the molecule is CCN(CC)CCCN(CC)c1cnc(N)cn1. The Morgan fingerprint density at radius 2 is 1.72 bits per heavy atom. The molecule has 0 atom stereocenters. The van der Waals surface area contributed by atoms with Crippen LogP contribution in [0, 0.1) is 0 Å². The molecule has 0 amide bonds. The lowest BCUT2D eigenvalue weighted by molar-refractivity contribution is 0.300. The molecular weight excluding hydrogens is 226 g/mol. The van der Waals surface area contributed by atoms with E-state index in [0.717, 1.165) is 45.0 Å². The summed E-state index contributed by atoms with van der Waals surface area (Å²) in [5.74, 6) is 1.38. The fraction of sp³-hybridized carbons (Fsp3) is 0.692. The van der Waals surface area contributed by atoms with E-state index in [1.807, 2.05) is 0 Å². The first-order chi connectivity index (χ1) is 8.71. The lowest BCUT2D eigenvalue weighted by atomic mass is 10.3. The molecule has 1 aromatic rings. The molecule has 18 heavy (non-hydrogen) atoms. The Bertz CT molecular complexity index is 321. The number of rotatable bonds is 8. The largest absolute Gasteiger partial charge is 0.382 e. The fourth-order valence-electron chi connectivity index (χ4n) is 1.95. The predicted octanol–water partition coefficient (Wildman–Crippen LogP) is 1.62. The predicted molar refractivity (Wildman–Crippen MR) is 76.7 cm³/mol. The van der Waals surface area contributed by atoms with Gasteiger partial charge in [-0.2, -0.15) is 0 Å². The van der Waals surface area contributed by atoms with Crippen molar-refractivity contribution >= 4 is 11.6 Å². The van der Waals surface area contributed by atoms with Gasteiger partial charge in [-0.25, -0.2) is 9.97 Å². The van der Waals surface area contributed by atoms with Crippen LogP contribution in [-0.2, 0) is 0 Å². The highest BCUT2D eigenvalue weighted by atomic mass is 15.2. The average molecular weight is 251 g/mol. The van der Waals surface area contributed by atoms with Crippen LogP contribution in [-0.4, -0.2) is 47.6 Å². The van der Waals surface area contributed by atoms with Gasteiger partial charge in [0.05, 0.1) is 12.4 Å². The van der Waals surface area contributed by atoms with Crippen molar-refractivity contribution in [3.63, 3.8) is 0 Å². The molecule has 0 saturated heterocycles. The summed E-state index contributed by atoms with van der Waals surface area (Å²) in [6, 6.07) is 0. The van der Waals surface area contributed by atoms with E-state index in [9.17, 15) is 0 Å². The summed E-state index contributed by atoms with van der Waals surface area (Å²) in [6.45, 7) is 11.8. The summed E-state index contributed by atoms with van der Waals surface area (Å²) in [6.07, 6.45) is 4.50. The summed E-state index contributed by atoms with van der Waals surface area (Å²) >= 11 is 0. The third-order valence-corrected chi connectivity index (χ3v) is 3.16. The van der Waals surface area contributed by atoms with Gasteiger partial charge in [0.2, 0.25) is 0 Å². The molecule has 1 aromatic heterocycles. The molecule has 102 valence electrons. The molecule has 0 aromatic carbocycles. The molecule has 0 spiro atoms. The van der Waals surface area contributed by atoms with E-state index < -0.39 is 0 Å². The molecule has 1 rings (SSSR count). The van der Waals surface area contributed by atoms with Crippen LogP contribution in [0.3, 0.4) is 0 Å². The van der Waals surface area contributed by atoms with Gasteiger partial charge in [-0.3, -0.25) is 0 Å². The van der Waals surface area contributed by atoms with Gasteiger partial charge in [-0.1, -0.05) is 13.8 Å². The smallest absolute Gasteiger partial charge is 0.147 e. The Labute approximate surface area is 110 Å². The molecule has 0 fully saturated rings. The van der Waals surface area contributed by atoms with Crippen LogP contribution >= 0.6 is 0 Å². The van der Waals surface area contributed by atoms with E-state index in [1.54, 1.807) is 12.4 Å². The number of nitrogen functional groups attached to an aromatic ring is 1. The van der Waals surface area contributed by atoms with Crippen molar-refractivity contribution in [3.05, 3.63) is 12.4 Å². The molecule has 2 N–H and O–H groups in total. The Balaban J connectivity index is 2.44. The molecule has 5 nitrogen and oxygen atoms in total. The van der Waals surface area contributed by atoms with Gasteiger partial charge in [0.1, 0.15) is 11.6 Å². The zero-order valence-corrected chi connectivity index (χ0v) is 11.8. The summed E-state index contributed by atoms with van der Waals surface area (Å²) in [4.78, 5) is 13.1. The summed E-state index contributed by atoms with van der Waals surface area (Å²) in [7, 11) is 0. The molecule has 0 saturated carbocycles. The zero-order valence-electron chi connectivity index (χ0n) is 11.8. The first-order valence-corrected chi connectivity index (χ1v) is 6.76. The van der Waals surface area contributed by atoms with Gasteiger partial charge in [0.25, 0.3) is 0 Å². The number of hydrogen-bond acceptors (Lipinski definition) is 5. The van der Waals surface area contributed by atoms with Crippen LogP contribution in [0.15, 0.2) is 12.4 Å². The monoisotopic (exact) mass is 251 g/mol. The van der Waals surface area contributed by atoms with E-state index in [1.165, 1.54) is 0 Å². The first-order valence-electron chi connectivity index (χ1n) is 6.76. The topological polar surface area (TPSA) is 58.3 Å². The maximum Gasteiger partial charge on any atom is 0.147 e. The highest BCUT2D eigenvalue weighted by molar-refractivity contribution is 5.38. The number of nitrogens with zero attached hydrogens (tertiary/aromatic N) is 4. The van der Waals surface area contributed by atoms with Crippen molar-refractivity contribution in [1.82, 2.24) is 14.9 Å². The van der Waals surface area contributed by atoms with E-state index >= 15 is 0 Å². The Morgan fingerprint density at radius 1 is 1.00 bits per heavy atom. The second-order valence-corrected chi connectivity index (χ2v) is 4.26. The average Bonchev–Trinajstić information content (AvgIpc) is 2.41. The maximum absolute atomic E-state index is 5.55. The molecule has 0 aliphatic carbocycles. The zero-order chi connectivity index (χ0) is 13.4. The minimum absolute atomic E-state index is 0.470. The van der Waals surface area contributed by atoms with Crippen molar-refractivity contribution in [2.75, 3.05) is 43.4 Å². The van der Waals surface area contributed by atoms with Crippen LogP contribution in [0.25, 0.3) is 0 Å². The van der Waals surface area contributed by atoms with Crippen molar-refractivity contribution in [3.8, 4) is 0 Å². The van der Waals surface area contributed by atoms with Crippen LogP contribution in [0.1, 0.15) is 27.2 Å². The first kappa shape index (κ1) is 14.7. The summed E-state index contributed by atoms with van der Waals surface area (Å²) < 4.78 is 0. The molecule has 0 bridgehead atoms. The van der Waals surface area contributed by atoms with Crippen LogP contribution in [0.2, 0.25) is 0 Å². The number of anilines is 2. The molecule has 1 heterocycles. The van der Waals surface area contributed by atoms with Crippen molar-refractivity contribution in [2.24, 2.45) is 0 Å². The third kappa shape index (κ3) is 4.49. The van der Waals surface area contributed by atoms with Crippen LogP contribution < -0.4 is 10.6 Å². The van der Waals surface area contributed by atoms with Gasteiger partial charge >= 0.3 is 0 Å². The molecule has 0 aliphatic heterocycles. The van der Waals surface area contributed by atoms with Gasteiger partial charge in [-0.15, -0.1) is 0 Å². The van der Waals surface area contributed by atoms with E-state index in [0.29, 0.717) is 5.82 Å². The Hall–Kier alpha value is -1.36. The van der Waals surface area contributed by atoms with Gasteiger partial charge in [-0.05, 0) is 33.0 Å². The second-order valence-electron chi connectivity index (χ2n) is 4.26. The minimum Gasteiger partial charge on any atom is -0.382 e. The van der Waals surface area contributed by atoms with Crippen molar-refractivity contribution < 1.29 is 0 Å². The fourth-order valence-corrected chi connectivity index (χ4v) is 1.95. The van der Waals surface area contributed by atoms with Gasteiger partial charge in [0.15, 0.2) is 0 Å². The highest BCUT2D eigenvalue weighted by Crippen LogP contribution is 2.10. The second kappa shape index (κ2) is 7.87. The van der Waals surface area contributed by atoms with Crippen LogP contribution in [0.4, 0.5) is 11.6 Å². The standard InChI is InChI=1S/C13H25N5/c1-4-17(5-2)8-7-9-18(6-3)13-11-15-12(14)10-16-13/h10-11H,4-9H2,1-3H3,(H2,14,15). The Kier molecular flexibility index (Phi) is 6.43. The lowest BCUT2D eigenvalue weighted by Gasteiger charge is -2.24. The van der Waals surface area contributed by atoms with Crippen molar-refractivity contribution in [2.45, 2.75) is 27.2 Å². The summed E-state index contributed by atoms with van der Waals surface area (Å²) in [5, 5.41) is 0. The van der Waals surface area contributed by atoms with Gasteiger partial charge in [0, 0.05) is 13.1 Å². The summed E-state index contributed by atoms with van der Waals surface area (Å²) in [5.41, 5.74) is 5.55. The van der Waals surface area contributed by atoms with E-state index in [4.69, 9.17) is 5.73 Å². The molecule has 5 heteroatoms. The van der Waals surface area contributed by atoms with Gasteiger partial charge < -0.3 is 15.5 Å². The van der Waals surface area contributed by atoms with Crippen LogP contribution in [0.5, 0.6) is 0 Å². The maximum atomic E-state index is 5.55. The Morgan fingerprint density at radius 3 is 2.22 bits per heavy atom. The number of nitrogens with two attached hydrogens (primary N) is 1. The normalized spacial score (nSPS) is 10.9. The van der Waals surface area contributed by atoms with Crippen molar-refractivity contribution in [1.29, 1.82) is 0 Å². The van der Waals surface area contributed by atoms with E-state index in [2.05, 4.69) is 40.5 Å². The highest BCUT2D eigenvalue weighted by Gasteiger charge is 2.07. The lowest BCUT2D eigenvalue weighted by Crippen LogP contribution is -2.30.